The van der Waals surface area contributed by atoms with Gasteiger partial charge in [0.1, 0.15) is 6.10 Å². The van der Waals surface area contributed by atoms with Crippen molar-refractivity contribution in [2.45, 2.75) is 32.5 Å². The van der Waals surface area contributed by atoms with E-state index in [1.807, 2.05) is 13.0 Å². The van der Waals surface area contributed by atoms with Crippen LogP contribution in [0, 0.1) is 0 Å². The van der Waals surface area contributed by atoms with E-state index in [0.29, 0.717) is 11.3 Å². The van der Waals surface area contributed by atoms with Gasteiger partial charge >= 0.3 is 5.97 Å². The third-order valence-corrected chi connectivity index (χ3v) is 2.71. The maximum absolute atomic E-state index is 11.4. The lowest BCUT2D eigenvalue weighted by atomic mass is 9.99. The van der Waals surface area contributed by atoms with Crippen molar-refractivity contribution in [3.05, 3.63) is 29.3 Å². The molecule has 0 aliphatic heterocycles. The third kappa shape index (κ3) is 3.21. The van der Waals surface area contributed by atoms with Gasteiger partial charge < -0.3 is 20.7 Å². The van der Waals surface area contributed by atoms with Crippen molar-refractivity contribution >= 4 is 11.7 Å². The van der Waals surface area contributed by atoms with Crippen LogP contribution in [0.3, 0.4) is 0 Å². The number of hydrogen-bond donors (Lipinski definition) is 3. The van der Waals surface area contributed by atoms with Gasteiger partial charge in [0.25, 0.3) is 0 Å². The van der Waals surface area contributed by atoms with Gasteiger partial charge in [-0.1, -0.05) is 19.1 Å². The zero-order chi connectivity index (χ0) is 13.7. The lowest BCUT2D eigenvalue weighted by Crippen LogP contribution is -2.30. The van der Waals surface area contributed by atoms with Crippen LogP contribution in [-0.2, 0) is 16.0 Å². The number of rotatable bonds is 5. The SMILES string of the molecule is CCOC(=O)C(O)C(O)c1cc(CC)ccc1N. The van der Waals surface area contributed by atoms with Gasteiger partial charge in [0, 0.05) is 11.3 Å². The fraction of sp³-hybridized carbons (Fsp3) is 0.462. The van der Waals surface area contributed by atoms with E-state index in [4.69, 9.17) is 5.73 Å². The molecular weight excluding hydrogens is 234 g/mol. The second-order valence-electron chi connectivity index (χ2n) is 3.96. The zero-order valence-electron chi connectivity index (χ0n) is 10.6. The Labute approximate surface area is 106 Å². The molecule has 0 aliphatic rings. The predicted octanol–water partition coefficient (Wildman–Crippen LogP) is 0.789. The highest BCUT2D eigenvalue weighted by molar-refractivity contribution is 5.76. The number of ether oxygens (including phenoxy) is 1. The Bertz CT molecular complexity index is 419. The zero-order valence-corrected chi connectivity index (χ0v) is 10.6. The largest absolute Gasteiger partial charge is 0.464 e. The van der Waals surface area contributed by atoms with Crippen molar-refractivity contribution in [1.29, 1.82) is 0 Å². The first kappa shape index (κ1) is 14.5. The average molecular weight is 253 g/mol. The highest BCUT2D eigenvalue weighted by Gasteiger charge is 2.28. The summed E-state index contributed by atoms with van der Waals surface area (Å²) >= 11 is 0. The summed E-state index contributed by atoms with van der Waals surface area (Å²) in [5, 5.41) is 19.6. The summed E-state index contributed by atoms with van der Waals surface area (Å²) in [5.74, 6) is -0.855. The van der Waals surface area contributed by atoms with Crippen LogP contribution in [0.2, 0.25) is 0 Å². The van der Waals surface area contributed by atoms with E-state index < -0.39 is 18.2 Å². The predicted molar refractivity (Wildman–Crippen MR) is 67.8 cm³/mol. The summed E-state index contributed by atoms with van der Waals surface area (Å²) < 4.78 is 4.65. The van der Waals surface area contributed by atoms with Crippen LogP contribution in [-0.4, -0.2) is 28.9 Å². The maximum Gasteiger partial charge on any atom is 0.338 e. The minimum absolute atomic E-state index is 0.146. The van der Waals surface area contributed by atoms with E-state index in [1.54, 1.807) is 19.1 Å². The summed E-state index contributed by atoms with van der Waals surface area (Å²) in [4.78, 5) is 11.4. The first-order valence-corrected chi connectivity index (χ1v) is 5.92. The number of aliphatic hydroxyl groups is 2. The van der Waals surface area contributed by atoms with E-state index in [9.17, 15) is 15.0 Å². The number of aryl methyl sites for hydroxylation is 1. The molecule has 0 fully saturated rings. The molecule has 1 rings (SSSR count). The Balaban J connectivity index is 2.95. The molecule has 1 aromatic carbocycles. The van der Waals surface area contributed by atoms with Gasteiger partial charge in [0.2, 0.25) is 0 Å². The van der Waals surface area contributed by atoms with Gasteiger partial charge in [-0.05, 0) is 25.0 Å². The third-order valence-electron chi connectivity index (χ3n) is 2.71. The van der Waals surface area contributed by atoms with E-state index in [-0.39, 0.29) is 6.61 Å². The molecule has 4 N–H and O–H groups in total. The van der Waals surface area contributed by atoms with E-state index >= 15 is 0 Å². The van der Waals surface area contributed by atoms with E-state index in [1.165, 1.54) is 0 Å². The molecule has 0 saturated carbocycles. The van der Waals surface area contributed by atoms with Crippen molar-refractivity contribution in [1.82, 2.24) is 0 Å². The summed E-state index contributed by atoms with van der Waals surface area (Å²) in [7, 11) is 0. The first-order chi connectivity index (χ1) is 8.51. The number of nitrogens with two attached hydrogens (primary N) is 1. The number of benzene rings is 1. The number of carbonyl (C=O) groups excluding carboxylic acids is 1. The molecule has 0 radical (unpaired) electrons. The molecule has 0 heterocycles. The molecule has 5 heteroatoms. The van der Waals surface area contributed by atoms with Gasteiger partial charge in [0.15, 0.2) is 6.10 Å². The Kier molecular flexibility index (Phi) is 5.12. The van der Waals surface area contributed by atoms with Crippen LogP contribution in [0.5, 0.6) is 0 Å². The summed E-state index contributed by atoms with van der Waals surface area (Å²) in [5.41, 5.74) is 7.38. The topological polar surface area (TPSA) is 92.8 Å². The Morgan fingerprint density at radius 3 is 2.61 bits per heavy atom. The highest BCUT2D eigenvalue weighted by atomic mass is 16.5. The van der Waals surface area contributed by atoms with Gasteiger partial charge in [-0.25, -0.2) is 4.79 Å². The summed E-state index contributed by atoms with van der Waals surface area (Å²) in [6, 6.07) is 5.17. The standard InChI is InChI=1S/C13H19NO4/c1-3-8-5-6-10(14)9(7-8)11(15)12(16)13(17)18-4-2/h5-7,11-12,15-16H,3-4,14H2,1-2H3. The van der Waals surface area contributed by atoms with Crippen LogP contribution in [0.4, 0.5) is 5.69 Å². The van der Waals surface area contributed by atoms with Crippen molar-refractivity contribution in [2.24, 2.45) is 0 Å². The molecular formula is C13H19NO4. The monoisotopic (exact) mass is 253 g/mol. The van der Waals surface area contributed by atoms with Gasteiger partial charge in [-0.2, -0.15) is 0 Å². The van der Waals surface area contributed by atoms with Crippen molar-refractivity contribution in [3.63, 3.8) is 0 Å². The van der Waals surface area contributed by atoms with Crippen LogP contribution >= 0.6 is 0 Å². The highest BCUT2D eigenvalue weighted by Crippen LogP contribution is 2.25. The van der Waals surface area contributed by atoms with Gasteiger partial charge in [-0.3, -0.25) is 0 Å². The lowest BCUT2D eigenvalue weighted by molar-refractivity contribution is -0.159. The second-order valence-corrected chi connectivity index (χ2v) is 3.96. The molecule has 0 aromatic heterocycles. The lowest BCUT2D eigenvalue weighted by Gasteiger charge is -2.19. The molecule has 0 spiro atoms. The Morgan fingerprint density at radius 2 is 2.06 bits per heavy atom. The van der Waals surface area contributed by atoms with Crippen LogP contribution in [0.1, 0.15) is 31.1 Å². The van der Waals surface area contributed by atoms with Crippen molar-refractivity contribution in [3.8, 4) is 0 Å². The quantitative estimate of drug-likeness (QED) is 0.533. The number of aliphatic hydroxyl groups excluding tert-OH is 2. The fourth-order valence-corrected chi connectivity index (χ4v) is 1.63. The number of nitrogen functional groups attached to an aromatic ring is 1. The number of anilines is 1. The van der Waals surface area contributed by atoms with Crippen LogP contribution in [0.25, 0.3) is 0 Å². The minimum atomic E-state index is -1.63. The minimum Gasteiger partial charge on any atom is -0.464 e. The van der Waals surface area contributed by atoms with E-state index in [0.717, 1.165) is 12.0 Å². The molecule has 1 aromatic rings. The fourth-order valence-electron chi connectivity index (χ4n) is 1.63. The van der Waals surface area contributed by atoms with Crippen molar-refractivity contribution in [2.75, 3.05) is 12.3 Å². The number of esters is 1. The second kappa shape index (κ2) is 6.37. The molecule has 0 aliphatic carbocycles. The molecule has 18 heavy (non-hydrogen) atoms. The van der Waals surface area contributed by atoms with E-state index in [2.05, 4.69) is 4.74 Å². The normalized spacial score (nSPS) is 14.0. The number of carbonyl (C=O) groups is 1. The Morgan fingerprint density at radius 1 is 1.39 bits per heavy atom. The summed E-state index contributed by atoms with van der Waals surface area (Å²) in [6.07, 6.45) is -2.23. The van der Waals surface area contributed by atoms with Gasteiger partial charge in [-0.15, -0.1) is 0 Å². The smallest absolute Gasteiger partial charge is 0.338 e. The maximum atomic E-state index is 11.4. The van der Waals surface area contributed by atoms with Gasteiger partial charge in [0.05, 0.1) is 6.61 Å². The molecule has 0 bridgehead atoms. The summed E-state index contributed by atoms with van der Waals surface area (Å²) in [6.45, 7) is 3.74. The van der Waals surface area contributed by atoms with Crippen molar-refractivity contribution < 1.29 is 19.7 Å². The molecule has 5 nitrogen and oxygen atoms in total. The molecule has 0 saturated heterocycles. The van der Waals surface area contributed by atoms with Crippen LogP contribution in [0.15, 0.2) is 18.2 Å². The average Bonchev–Trinajstić information content (AvgIpc) is 2.38. The molecule has 0 amide bonds. The van der Waals surface area contributed by atoms with Crippen LogP contribution < -0.4 is 5.73 Å². The Hall–Kier alpha value is -1.59. The molecule has 2 unspecified atom stereocenters. The number of hydrogen-bond acceptors (Lipinski definition) is 5. The molecule has 100 valence electrons. The molecule has 2 atom stereocenters. The first-order valence-electron chi connectivity index (χ1n) is 5.92.